The van der Waals surface area contributed by atoms with E-state index in [1.807, 2.05) is 19.1 Å². The Morgan fingerprint density at radius 1 is 0.658 bits per heavy atom. The van der Waals surface area contributed by atoms with Gasteiger partial charge in [-0.1, -0.05) is 132 Å². The van der Waals surface area contributed by atoms with Gasteiger partial charge in [-0.15, -0.1) is 0 Å². The molecule has 38 heavy (non-hydrogen) atoms. The van der Waals surface area contributed by atoms with Crippen LogP contribution in [0.25, 0.3) is 22.3 Å². The van der Waals surface area contributed by atoms with Crippen LogP contribution in [0.1, 0.15) is 103 Å². The van der Waals surface area contributed by atoms with Crippen LogP contribution in [-0.2, 0) is 9.53 Å². The third-order valence-corrected chi connectivity index (χ3v) is 7.14. The van der Waals surface area contributed by atoms with E-state index in [2.05, 4.69) is 67.6 Å². The van der Waals surface area contributed by atoms with Gasteiger partial charge in [0.1, 0.15) is 11.9 Å². The van der Waals surface area contributed by atoms with Crippen LogP contribution in [0, 0.1) is 0 Å². The van der Waals surface area contributed by atoms with E-state index in [-0.39, 0.29) is 12.1 Å². The minimum absolute atomic E-state index is 0.255. The molecular formula is C35H46O3. The monoisotopic (exact) mass is 514 g/mol. The first-order valence-electron chi connectivity index (χ1n) is 14.7. The van der Waals surface area contributed by atoms with Gasteiger partial charge in [0.25, 0.3) is 0 Å². The van der Waals surface area contributed by atoms with Crippen LogP contribution in [0.4, 0.5) is 0 Å². The molecule has 0 bridgehead atoms. The van der Waals surface area contributed by atoms with Crippen LogP contribution in [-0.4, -0.2) is 12.6 Å². The second kappa shape index (κ2) is 16.7. The topological polar surface area (TPSA) is 35.5 Å². The van der Waals surface area contributed by atoms with Gasteiger partial charge in [0.2, 0.25) is 0 Å². The van der Waals surface area contributed by atoms with Crippen LogP contribution in [0.15, 0.2) is 72.8 Å². The average Bonchev–Trinajstić information content (AvgIpc) is 2.94. The molecule has 0 aliphatic carbocycles. The van der Waals surface area contributed by atoms with Crippen molar-refractivity contribution in [2.75, 3.05) is 6.61 Å². The van der Waals surface area contributed by atoms with E-state index in [9.17, 15) is 4.79 Å². The quantitative estimate of drug-likeness (QED) is 0.133. The Morgan fingerprint density at radius 3 is 1.63 bits per heavy atom. The number of carbonyl (C=O) groups excluding carboxylic acids is 1. The van der Waals surface area contributed by atoms with Crippen molar-refractivity contribution in [2.24, 2.45) is 0 Å². The SMILES string of the molecule is CCCCCCCCCCCCCOc1ccc(-c2ccccc2-c2ccc(C(C)OC(C)=O)cc2)cc1. The third kappa shape index (κ3) is 10.0. The van der Waals surface area contributed by atoms with Crippen LogP contribution in [0.5, 0.6) is 5.75 Å². The van der Waals surface area contributed by atoms with Crippen molar-refractivity contribution in [2.45, 2.75) is 97.5 Å². The lowest BCUT2D eigenvalue weighted by Gasteiger charge is -2.14. The predicted octanol–water partition coefficient (Wildman–Crippen LogP) is 10.3. The summed E-state index contributed by atoms with van der Waals surface area (Å²) in [5.41, 5.74) is 5.65. The Hall–Kier alpha value is -3.07. The Labute approximate surface area is 230 Å². The highest BCUT2D eigenvalue weighted by Gasteiger charge is 2.11. The second-order valence-electron chi connectivity index (χ2n) is 10.3. The largest absolute Gasteiger partial charge is 0.494 e. The summed E-state index contributed by atoms with van der Waals surface area (Å²) in [6.07, 6.45) is 14.5. The van der Waals surface area contributed by atoms with Crippen molar-refractivity contribution in [1.29, 1.82) is 0 Å². The Kier molecular flexibility index (Phi) is 13.0. The van der Waals surface area contributed by atoms with E-state index in [4.69, 9.17) is 9.47 Å². The number of ether oxygens (including phenoxy) is 2. The van der Waals surface area contributed by atoms with Gasteiger partial charge in [-0.05, 0) is 53.3 Å². The zero-order chi connectivity index (χ0) is 27.0. The second-order valence-corrected chi connectivity index (χ2v) is 10.3. The normalized spacial score (nSPS) is 11.8. The molecule has 3 aromatic carbocycles. The molecule has 1 unspecified atom stereocenters. The highest BCUT2D eigenvalue weighted by atomic mass is 16.5. The molecule has 3 aromatic rings. The lowest BCUT2D eigenvalue weighted by atomic mass is 9.94. The number of benzene rings is 3. The van der Waals surface area contributed by atoms with E-state index >= 15 is 0 Å². The summed E-state index contributed by atoms with van der Waals surface area (Å²) >= 11 is 0. The summed E-state index contributed by atoms with van der Waals surface area (Å²) in [6.45, 7) is 6.39. The zero-order valence-electron chi connectivity index (χ0n) is 23.7. The zero-order valence-corrected chi connectivity index (χ0v) is 23.7. The van der Waals surface area contributed by atoms with Gasteiger partial charge < -0.3 is 9.47 Å². The molecular weight excluding hydrogens is 468 g/mol. The van der Waals surface area contributed by atoms with E-state index < -0.39 is 0 Å². The highest BCUT2D eigenvalue weighted by Crippen LogP contribution is 2.33. The molecule has 0 N–H and O–H groups in total. The maximum Gasteiger partial charge on any atom is 0.303 e. The molecule has 0 spiro atoms. The lowest BCUT2D eigenvalue weighted by Crippen LogP contribution is -2.04. The molecule has 3 heteroatoms. The Balaban J connectivity index is 1.45. The van der Waals surface area contributed by atoms with Gasteiger partial charge in [0.15, 0.2) is 0 Å². The van der Waals surface area contributed by atoms with E-state index in [0.29, 0.717) is 0 Å². The molecule has 0 radical (unpaired) electrons. The fourth-order valence-electron chi connectivity index (χ4n) is 4.92. The molecule has 0 aliphatic rings. The highest BCUT2D eigenvalue weighted by molar-refractivity contribution is 5.83. The van der Waals surface area contributed by atoms with Gasteiger partial charge in [0.05, 0.1) is 6.61 Å². The predicted molar refractivity (Wildman–Crippen MR) is 159 cm³/mol. The number of rotatable bonds is 17. The van der Waals surface area contributed by atoms with Crippen molar-refractivity contribution >= 4 is 5.97 Å². The van der Waals surface area contributed by atoms with Crippen molar-refractivity contribution < 1.29 is 14.3 Å². The number of unbranched alkanes of at least 4 members (excludes halogenated alkanes) is 10. The average molecular weight is 515 g/mol. The Bertz CT molecular complexity index is 1070. The number of esters is 1. The molecule has 1 atom stereocenters. The number of hydrogen-bond acceptors (Lipinski definition) is 3. The molecule has 0 heterocycles. The van der Waals surface area contributed by atoms with Gasteiger partial charge in [0, 0.05) is 6.92 Å². The van der Waals surface area contributed by atoms with Crippen LogP contribution in [0.3, 0.4) is 0 Å². The maximum atomic E-state index is 11.3. The number of carbonyl (C=O) groups is 1. The Morgan fingerprint density at radius 2 is 1.13 bits per heavy atom. The first kappa shape index (κ1) is 29.5. The van der Waals surface area contributed by atoms with Crippen molar-refractivity contribution in [3.05, 3.63) is 78.4 Å². The molecule has 0 aromatic heterocycles. The van der Waals surface area contributed by atoms with Gasteiger partial charge in [-0.3, -0.25) is 4.79 Å². The first-order valence-corrected chi connectivity index (χ1v) is 14.7. The summed E-state index contributed by atoms with van der Waals surface area (Å²) in [4.78, 5) is 11.3. The van der Waals surface area contributed by atoms with Gasteiger partial charge >= 0.3 is 5.97 Å². The standard InChI is InChI=1S/C35H46O3/c1-4-5-6-7-8-9-10-11-12-13-16-27-37-33-25-23-32(24-26-33)35-18-15-14-17-34(35)31-21-19-30(20-22-31)28(2)38-29(3)36/h14-15,17-26,28H,4-13,16,27H2,1-3H3. The fraction of sp³-hybridized carbons (Fsp3) is 0.457. The van der Waals surface area contributed by atoms with Gasteiger partial charge in [-0.2, -0.15) is 0 Å². The van der Waals surface area contributed by atoms with E-state index in [1.54, 1.807) is 0 Å². The van der Waals surface area contributed by atoms with Crippen molar-refractivity contribution in [3.63, 3.8) is 0 Å². The maximum absolute atomic E-state index is 11.3. The third-order valence-electron chi connectivity index (χ3n) is 7.14. The summed E-state index contributed by atoms with van der Waals surface area (Å²) in [5, 5.41) is 0. The van der Waals surface area contributed by atoms with E-state index in [1.165, 1.54) is 87.8 Å². The smallest absolute Gasteiger partial charge is 0.303 e. The van der Waals surface area contributed by atoms with Crippen LogP contribution in [0.2, 0.25) is 0 Å². The molecule has 0 saturated heterocycles. The molecule has 0 amide bonds. The van der Waals surface area contributed by atoms with Crippen molar-refractivity contribution in [3.8, 4) is 28.0 Å². The van der Waals surface area contributed by atoms with E-state index in [0.717, 1.165) is 29.9 Å². The number of hydrogen-bond donors (Lipinski definition) is 0. The molecule has 0 fully saturated rings. The molecule has 3 rings (SSSR count). The van der Waals surface area contributed by atoms with Crippen LogP contribution >= 0.6 is 0 Å². The lowest BCUT2D eigenvalue weighted by molar-refractivity contribution is -0.145. The molecule has 0 aliphatic heterocycles. The summed E-state index contributed by atoms with van der Waals surface area (Å²) in [5.74, 6) is 0.667. The molecule has 204 valence electrons. The minimum atomic E-state index is -0.266. The molecule has 3 nitrogen and oxygen atoms in total. The minimum Gasteiger partial charge on any atom is -0.494 e. The van der Waals surface area contributed by atoms with Crippen LogP contribution < -0.4 is 4.74 Å². The summed E-state index contributed by atoms with van der Waals surface area (Å²) in [7, 11) is 0. The van der Waals surface area contributed by atoms with Crippen molar-refractivity contribution in [1.82, 2.24) is 0 Å². The van der Waals surface area contributed by atoms with Gasteiger partial charge in [-0.25, -0.2) is 0 Å². The fourth-order valence-corrected chi connectivity index (χ4v) is 4.92. The molecule has 0 saturated carbocycles. The first-order chi connectivity index (χ1) is 18.6. The summed E-state index contributed by atoms with van der Waals surface area (Å²) in [6, 6.07) is 25.2. The summed E-state index contributed by atoms with van der Waals surface area (Å²) < 4.78 is 11.3.